The van der Waals surface area contributed by atoms with E-state index >= 15 is 0 Å². The molecule has 1 aromatic rings. The van der Waals surface area contributed by atoms with Crippen molar-refractivity contribution in [2.24, 2.45) is 5.73 Å². The standard InChI is InChI=1S/C13H20FNO/c1-9-6-12(8-11(3)15)7-10(2)13(9)16-5-4-14/h6-7,11H,4-5,8,15H2,1-3H3. The summed E-state index contributed by atoms with van der Waals surface area (Å²) in [6.07, 6.45) is 0.852. The Morgan fingerprint density at radius 3 is 2.31 bits per heavy atom. The molecule has 0 radical (unpaired) electrons. The van der Waals surface area contributed by atoms with Gasteiger partial charge in [-0.25, -0.2) is 4.39 Å². The van der Waals surface area contributed by atoms with E-state index in [9.17, 15) is 4.39 Å². The number of hydrogen-bond donors (Lipinski definition) is 1. The molecule has 0 aliphatic carbocycles. The molecule has 1 rings (SSSR count). The number of halogens is 1. The minimum Gasteiger partial charge on any atom is -0.490 e. The van der Waals surface area contributed by atoms with Gasteiger partial charge in [0.2, 0.25) is 0 Å². The first-order chi connectivity index (χ1) is 7.54. The summed E-state index contributed by atoms with van der Waals surface area (Å²) in [5.74, 6) is 0.797. The van der Waals surface area contributed by atoms with Crippen LogP contribution in [0.1, 0.15) is 23.6 Å². The maximum absolute atomic E-state index is 12.1. The van der Waals surface area contributed by atoms with Gasteiger partial charge in [-0.05, 0) is 43.9 Å². The van der Waals surface area contributed by atoms with Gasteiger partial charge < -0.3 is 10.5 Å². The lowest BCUT2D eigenvalue weighted by atomic mass is 10.0. The summed E-state index contributed by atoms with van der Waals surface area (Å²) in [5, 5.41) is 0. The molecule has 2 nitrogen and oxygen atoms in total. The van der Waals surface area contributed by atoms with Crippen LogP contribution in [0.2, 0.25) is 0 Å². The van der Waals surface area contributed by atoms with Gasteiger partial charge in [0, 0.05) is 6.04 Å². The van der Waals surface area contributed by atoms with Crippen LogP contribution in [0.4, 0.5) is 4.39 Å². The van der Waals surface area contributed by atoms with E-state index in [4.69, 9.17) is 10.5 Å². The van der Waals surface area contributed by atoms with Gasteiger partial charge in [0.25, 0.3) is 0 Å². The molecule has 0 spiro atoms. The maximum atomic E-state index is 12.1. The first kappa shape index (κ1) is 13.0. The topological polar surface area (TPSA) is 35.2 Å². The molecule has 16 heavy (non-hydrogen) atoms. The van der Waals surface area contributed by atoms with Crippen LogP contribution in [0.3, 0.4) is 0 Å². The van der Waals surface area contributed by atoms with Crippen molar-refractivity contribution in [3.05, 3.63) is 28.8 Å². The Morgan fingerprint density at radius 1 is 1.31 bits per heavy atom. The van der Waals surface area contributed by atoms with Crippen molar-refractivity contribution in [3.63, 3.8) is 0 Å². The van der Waals surface area contributed by atoms with E-state index in [0.717, 1.165) is 23.3 Å². The van der Waals surface area contributed by atoms with Crippen molar-refractivity contribution >= 4 is 0 Å². The highest BCUT2D eigenvalue weighted by molar-refractivity contribution is 5.43. The summed E-state index contributed by atoms with van der Waals surface area (Å²) < 4.78 is 17.4. The molecular formula is C13H20FNO. The molecule has 1 atom stereocenters. The Morgan fingerprint density at radius 2 is 1.88 bits per heavy atom. The highest BCUT2D eigenvalue weighted by atomic mass is 19.1. The van der Waals surface area contributed by atoms with Crippen molar-refractivity contribution < 1.29 is 9.13 Å². The van der Waals surface area contributed by atoms with E-state index in [2.05, 4.69) is 12.1 Å². The second-order valence-corrected chi connectivity index (χ2v) is 4.28. The van der Waals surface area contributed by atoms with Crippen molar-refractivity contribution in [2.75, 3.05) is 13.3 Å². The first-order valence-electron chi connectivity index (χ1n) is 5.59. The minimum atomic E-state index is -0.458. The fraction of sp³-hybridized carbons (Fsp3) is 0.538. The molecule has 2 N–H and O–H groups in total. The maximum Gasteiger partial charge on any atom is 0.125 e. The number of alkyl halides is 1. The fourth-order valence-electron chi connectivity index (χ4n) is 1.90. The number of ether oxygens (including phenoxy) is 1. The quantitative estimate of drug-likeness (QED) is 0.835. The molecule has 1 unspecified atom stereocenters. The molecule has 0 aliphatic heterocycles. The monoisotopic (exact) mass is 225 g/mol. The number of benzene rings is 1. The predicted molar refractivity (Wildman–Crippen MR) is 64.7 cm³/mol. The van der Waals surface area contributed by atoms with Crippen LogP contribution in [0.5, 0.6) is 5.75 Å². The lowest BCUT2D eigenvalue weighted by molar-refractivity contribution is 0.270. The molecule has 0 amide bonds. The van der Waals surface area contributed by atoms with Gasteiger partial charge in [-0.15, -0.1) is 0 Å². The summed E-state index contributed by atoms with van der Waals surface area (Å²) in [4.78, 5) is 0. The highest BCUT2D eigenvalue weighted by Crippen LogP contribution is 2.25. The van der Waals surface area contributed by atoms with Crippen molar-refractivity contribution in [1.29, 1.82) is 0 Å². The van der Waals surface area contributed by atoms with Crippen molar-refractivity contribution in [1.82, 2.24) is 0 Å². The predicted octanol–water partition coefficient (Wildman–Crippen LogP) is 2.54. The average molecular weight is 225 g/mol. The lowest BCUT2D eigenvalue weighted by Gasteiger charge is -2.14. The van der Waals surface area contributed by atoms with Crippen LogP contribution in [0.15, 0.2) is 12.1 Å². The Labute approximate surface area is 96.6 Å². The van der Waals surface area contributed by atoms with Crippen molar-refractivity contribution in [3.8, 4) is 5.75 Å². The van der Waals surface area contributed by atoms with Crippen LogP contribution < -0.4 is 10.5 Å². The highest BCUT2D eigenvalue weighted by Gasteiger charge is 2.07. The van der Waals surface area contributed by atoms with Gasteiger partial charge in [0.1, 0.15) is 19.0 Å². The molecule has 3 heteroatoms. The van der Waals surface area contributed by atoms with E-state index in [0.29, 0.717) is 0 Å². The van der Waals surface area contributed by atoms with Crippen LogP contribution in [0.25, 0.3) is 0 Å². The molecule has 90 valence electrons. The normalized spacial score (nSPS) is 12.6. The molecule has 0 saturated heterocycles. The van der Waals surface area contributed by atoms with Gasteiger partial charge >= 0.3 is 0 Å². The summed E-state index contributed by atoms with van der Waals surface area (Å²) in [5.41, 5.74) is 9.06. The van der Waals surface area contributed by atoms with Crippen LogP contribution in [0, 0.1) is 13.8 Å². The molecule has 1 aromatic carbocycles. The van der Waals surface area contributed by atoms with E-state index in [-0.39, 0.29) is 12.6 Å². The third kappa shape index (κ3) is 3.49. The summed E-state index contributed by atoms with van der Waals surface area (Å²) in [6.45, 7) is 5.60. The Bertz CT molecular complexity index is 327. The van der Waals surface area contributed by atoms with Gasteiger partial charge in [0.05, 0.1) is 0 Å². The largest absolute Gasteiger partial charge is 0.490 e. The lowest BCUT2D eigenvalue weighted by Crippen LogP contribution is -2.18. The third-order valence-electron chi connectivity index (χ3n) is 2.40. The van der Waals surface area contributed by atoms with Gasteiger partial charge in [-0.2, -0.15) is 0 Å². The summed E-state index contributed by atoms with van der Waals surface area (Å²) >= 11 is 0. The van der Waals surface area contributed by atoms with E-state index in [1.807, 2.05) is 20.8 Å². The van der Waals surface area contributed by atoms with Crippen LogP contribution in [-0.2, 0) is 6.42 Å². The molecule has 0 fully saturated rings. The molecular weight excluding hydrogens is 205 g/mol. The van der Waals surface area contributed by atoms with Crippen LogP contribution in [-0.4, -0.2) is 19.3 Å². The van der Waals surface area contributed by atoms with E-state index in [1.165, 1.54) is 5.56 Å². The Kier molecular flexibility index (Phi) is 4.74. The van der Waals surface area contributed by atoms with E-state index < -0.39 is 6.67 Å². The third-order valence-corrected chi connectivity index (χ3v) is 2.40. The zero-order chi connectivity index (χ0) is 12.1. The Hall–Kier alpha value is -1.09. The smallest absolute Gasteiger partial charge is 0.125 e. The molecule has 0 heterocycles. The number of nitrogens with two attached hydrogens (primary N) is 1. The second-order valence-electron chi connectivity index (χ2n) is 4.28. The van der Waals surface area contributed by atoms with Crippen LogP contribution >= 0.6 is 0 Å². The zero-order valence-corrected chi connectivity index (χ0v) is 10.2. The molecule has 0 saturated carbocycles. The number of rotatable bonds is 5. The SMILES string of the molecule is Cc1cc(CC(C)N)cc(C)c1OCCF. The Balaban J connectivity index is 2.89. The van der Waals surface area contributed by atoms with Gasteiger partial charge in [-0.1, -0.05) is 12.1 Å². The second kappa shape index (κ2) is 5.85. The minimum absolute atomic E-state index is 0.119. The van der Waals surface area contributed by atoms with Crippen molar-refractivity contribution in [2.45, 2.75) is 33.2 Å². The van der Waals surface area contributed by atoms with Gasteiger partial charge in [-0.3, -0.25) is 0 Å². The molecule has 0 aromatic heterocycles. The molecule has 0 aliphatic rings. The number of hydrogen-bond acceptors (Lipinski definition) is 2. The van der Waals surface area contributed by atoms with Gasteiger partial charge in [0.15, 0.2) is 0 Å². The zero-order valence-electron chi connectivity index (χ0n) is 10.2. The van der Waals surface area contributed by atoms with E-state index in [1.54, 1.807) is 0 Å². The summed E-state index contributed by atoms with van der Waals surface area (Å²) in [7, 11) is 0. The molecule has 0 bridgehead atoms. The first-order valence-corrected chi connectivity index (χ1v) is 5.59. The number of aryl methyl sites for hydroxylation is 2. The average Bonchev–Trinajstić information content (AvgIpc) is 2.15. The fourth-order valence-corrected chi connectivity index (χ4v) is 1.90. The summed E-state index contributed by atoms with van der Waals surface area (Å²) in [6, 6.07) is 4.27.